The summed E-state index contributed by atoms with van der Waals surface area (Å²) in [5.41, 5.74) is 24.1. The first-order valence-corrected chi connectivity index (χ1v) is 17.4. The zero-order chi connectivity index (χ0) is 32.7. The first-order chi connectivity index (χ1) is 23.0. The predicted molar refractivity (Wildman–Crippen MR) is 201 cm³/mol. The molecule has 1 aliphatic heterocycles. The lowest BCUT2D eigenvalue weighted by Crippen LogP contribution is -2.17. The molecule has 0 atom stereocenters. The van der Waals surface area contributed by atoms with E-state index in [-0.39, 0.29) is 16.2 Å². The molecule has 1 heterocycles. The molecule has 0 bridgehead atoms. The maximum Gasteiger partial charge on any atom is 0.0669 e. The minimum absolute atomic E-state index is 0.0807. The number of fused-ring (bicyclic) bond motifs is 10. The van der Waals surface area contributed by atoms with Gasteiger partial charge in [0.05, 0.1) is 11.4 Å². The summed E-state index contributed by atoms with van der Waals surface area (Å²) < 4.78 is 0. The number of para-hydroxylation sites is 1. The van der Waals surface area contributed by atoms with Crippen molar-refractivity contribution < 1.29 is 0 Å². The van der Waals surface area contributed by atoms with Crippen LogP contribution in [0.15, 0.2) is 120 Å². The van der Waals surface area contributed by atoms with Crippen LogP contribution in [0.1, 0.15) is 86.1 Å². The van der Waals surface area contributed by atoms with Gasteiger partial charge in [0.1, 0.15) is 0 Å². The molecule has 3 aliphatic carbocycles. The Morgan fingerprint density at radius 3 is 1.38 bits per heavy atom. The van der Waals surface area contributed by atoms with E-state index in [9.17, 15) is 0 Å². The van der Waals surface area contributed by atoms with Crippen LogP contribution in [0.5, 0.6) is 0 Å². The van der Waals surface area contributed by atoms with Gasteiger partial charge in [0, 0.05) is 22.7 Å². The summed E-state index contributed by atoms with van der Waals surface area (Å²) in [5, 5.41) is 0. The zero-order valence-electron chi connectivity index (χ0n) is 28.6. The highest BCUT2D eigenvalue weighted by atomic mass is 14.8. The van der Waals surface area contributed by atoms with Gasteiger partial charge in [-0.05, 0) is 131 Å². The third-order valence-corrected chi connectivity index (χ3v) is 12.3. The van der Waals surface area contributed by atoms with Crippen LogP contribution in [0.3, 0.4) is 0 Å². The van der Waals surface area contributed by atoms with Crippen molar-refractivity contribution in [2.45, 2.75) is 64.2 Å². The number of aliphatic imine (C=N–C) groups is 1. The number of rotatable bonds is 2. The molecule has 0 aromatic heterocycles. The molecule has 48 heavy (non-hydrogen) atoms. The van der Waals surface area contributed by atoms with Crippen molar-refractivity contribution in [3.05, 3.63) is 160 Å². The van der Waals surface area contributed by atoms with Crippen molar-refractivity contribution in [2.75, 3.05) is 0 Å². The summed E-state index contributed by atoms with van der Waals surface area (Å²) in [6.07, 6.45) is 0.902. The Kier molecular flexibility index (Phi) is 5.32. The van der Waals surface area contributed by atoms with Crippen molar-refractivity contribution >= 4 is 11.4 Å². The minimum Gasteiger partial charge on any atom is -0.252 e. The van der Waals surface area contributed by atoms with Gasteiger partial charge in [0.25, 0.3) is 0 Å². The Bertz CT molecular complexity index is 2430. The van der Waals surface area contributed by atoms with Gasteiger partial charge in [-0.15, -0.1) is 0 Å². The van der Waals surface area contributed by atoms with E-state index < -0.39 is 0 Å². The Morgan fingerprint density at radius 2 is 0.833 bits per heavy atom. The largest absolute Gasteiger partial charge is 0.252 e. The van der Waals surface area contributed by atoms with Crippen LogP contribution in [0.25, 0.3) is 44.5 Å². The summed E-state index contributed by atoms with van der Waals surface area (Å²) in [7, 11) is 0. The monoisotopic (exact) mass is 617 g/mol. The first-order valence-electron chi connectivity index (χ1n) is 17.4. The number of nitrogens with zero attached hydrogens (tertiary/aromatic N) is 1. The number of benzene rings is 6. The molecule has 0 unspecified atom stereocenters. The van der Waals surface area contributed by atoms with Crippen LogP contribution < -0.4 is 0 Å². The van der Waals surface area contributed by atoms with Gasteiger partial charge in [0.15, 0.2) is 0 Å². The Balaban J connectivity index is 1.09. The van der Waals surface area contributed by atoms with Gasteiger partial charge in [-0.1, -0.05) is 114 Å². The maximum atomic E-state index is 5.03. The molecule has 0 spiro atoms. The highest BCUT2D eigenvalue weighted by Gasteiger charge is 2.44. The third-order valence-electron chi connectivity index (χ3n) is 12.3. The maximum absolute atomic E-state index is 5.03. The molecular weight excluding hydrogens is 579 g/mol. The molecule has 6 aromatic rings. The van der Waals surface area contributed by atoms with E-state index in [0.29, 0.717) is 0 Å². The van der Waals surface area contributed by atoms with Crippen LogP contribution >= 0.6 is 0 Å². The van der Waals surface area contributed by atoms with Gasteiger partial charge in [0.2, 0.25) is 0 Å². The summed E-state index contributed by atoms with van der Waals surface area (Å²) in [6.45, 7) is 14.5. The second-order valence-corrected chi connectivity index (χ2v) is 16.0. The molecule has 0 N–H and O–H groups in total. The van der Waals surface area contributed by atoms with E-state index in [4.69, 9.17) is 4.99 Å². The molecule has 0 fully saturated rings. The average Bonchev–Trinajstić information content (AvgIpc) is 3.76. The second-order valence-electron chi connectivity index (χ2n) is 16.0. The van der Waals surface area contributed by atoms with Crippen molar-refractivity contribution in [1.29, 1.82) is 0 Å². The van der Waals surface area contributed by atoms with Gasteiger partial charge in [-0.25, -0.2) is 0 Å². The van der Waals surface area contributed by atoms with Crippen LogP contribution in [0, 0.1) is 0 Å². The molecule has 6 aromatic carbocycles. The van der Waals surface area contributed by atoms with Crippen molar-refractivity contribution in [3.8, 4) is 44.5 Å². The van der Waals surface area contributed by atoms with Crippen molar-refractivity contribution in [2.24, 2.45) is 4.99 Å². The molecule has 0 saturated carbocycles. The van der Waals surface area contributed by atoms with E-state index in [2.05, 4.69) is 157 Å². The topological polar surface area (TPSA) is 12.4 Å². The van der Waals surface area contributed by atoms with Gasteiger partial charge < -0.3 is 0 Å². The number of hydrogen-bond donors (Lipinski definition) is 0. The van der Waals surface area contributed by atoms with Crippen LogP contribution in [-0.2, 0) is 22.7 Å². The van der Waals surface area contributed by atoms with E-state index in [1.54, 1.807) is 0 Å². The normalized spacial score (nSPS) is 17.5. The van der Waals surface area contributed by atoms with Crippen LogP contribution in [0.2, 0.25) is 0 Å². The lowest BCUT2D eigenvalue weighted by Gasteiger charge is -2.25. The molecule has 0 amide bonds. The molecule has 1 heteroatoms. The van der Waals surface area contributed by atoms with E-state index in [1.807, 2.05) is 0 Å². The Labute approximate surface area is 284 Å². The zero-order valence-corrected chi connectivity index (χ0v) is 28.6. The van der Waals surface area contributed by atoms with E-state index in [1.165, 1.54) is 94.7 Å². The molecular formula is C47H39N. The lowest BCUT2D eigenvalue weighted by atomic mass is 9.78. The van der Waals surface area contributed by atoms with Crippen molar-refractivity contribution in [3.63, 3.8) is 0 Å². The predicted octanol–water partition coefficient (Wildman–Crippen LogP) is 11.9. The van der Waals surface area contributed by atoms with E-state index >= 15 is 0 Å². The third kappa shape index (κ3) is 3.54. The first kappa shape index (κ1) is 28.0. The van der Waals surface area contributed by atoms with Gasteiger partial charge in [-0.3, -0.25) is 4.99 Å². The minimum atomic E-state index is -0.102. The molecule has 10 rings (SSSR count). The summed E-state index contributed by atoms with van der Waals surface area (Å²) in [4.78, 5) is 5.03. The Hall–Kier alpha value is -5.01. The van der Waals surface area contributed by atoms with Crippen LogP contribution in [0.4, 0.5) is 5.69 Å². The fourth-order valence-corrected chi connectivity index (χ4v) is 9.48. The SMILES string of the molecule is CC1(C)c2cc(C3=Nc4ccccc4C3)ccc2-c2cc3c(cc21)-c1cc2c(cc1C3(C)C)-c1ccc(-c3ccccc3)cc1C2(C)C. The lowest BCUT2D eigenvalue weighted by molar-refractivity contribution is 0.649. The summed E-state index contributed by atoms with van der Waals surface area (Å²) in [6, 6.07) is 43.7. The van der Waals surface area contributed by atoms with Gasteiger partial charge >= 0.3 is 0 Å². The average molecular weight is 618 g/mol. The summed E-state index contributed by atoms with van der Waals surface area (Å²) in [5.74, 6) is 0. The van der Waals surface area contributed by atoms with Gasteiger partial charge in [-0.2, -0.15) is 0 Å². The molecule has 232 valence electrons. The van der Waals surface area contributed by atoms with Crippen molar-refractivity contribution in [1.82, 2.24) is 0 Å². The highest BCUT2D eigenvalue weighted by molar-refractivity contribution is 6.07. The molecule has 4 aliphatic rings. The summed E-state index contributed by atoms with van der Waals surface area (Å²) >= 11 is 0. The molecule has 0 radical (unpaired) electrons. The van der Waals surface area contributed by atoms with Crippen LogP contribution in [-0.4, -0.2) is 5.71 Å². The Morgan fingerprint density at radius 1 is 0.396 bits per heavy atom. The van der Waals surface area contributed by atoms with E-state index in [0.717, 1.165) is 12.1 Å². The molecule has 1 nitrogen and oxygen atoms in total. The standard InChI is InChI=1S/C47H39N/c1-45(2)37-20-28(27-12-8-7-9-13-27)16-18-31(37)33-23-41-35(25-39(33)45)36-26-40-34(24-42(36)47(41,5)6)32-19-17-30(21-38(32)46(40,3)4)44-22-29-14-10-11-15-43(29)48-44/h7-21,23-26H,22H2,1-6H3. The molecule has 0 saturated heterocycles. The quantitative estimate of drug-likeness (QED) is 0.183. The number of hydrogen-bond acceptors (Lipinski definition) is 1. The fraction of sp³-hybridized carbons (Fsp3) is 0.213. The second kappa shape index (κ2) is 9.11. The highest BCUT2D eigenvalue weighted by Crippen LogP contribution is 2.59. The fourth-order valence-electron chi connectivity index (χ4n) is 9.48. The smallest absolute Gasteiger partial charge is 0.0669 e.